The third kappa shape index (κ3) is 4.63. The Labute approximate surface area is 146 Å². The summed E-state index contributed by atoms with van der Waals surface area (Å²) in [5.74, 6) is 0. The molecule has 0 heterocycles. The van der Waals surface area contributed by atoms with E-state index in [9.17, 15) is 18.5 Å². The minimum atomic E-state index is -3.84. The minimum Gasteiger partial charge on any atom is -0.258 e. The van der Waals surface area contributed by atoms with Gasteiger partial charge in [-0.15, -0.1) is 0 Å². The van der Waals surface area contributed by atoms with Crippen LogP contribution in [0.15, 0.2) is 58.5 Å². The fourth-order valence-electron chi connectivity index (χ4n) is 2.12. The van der Waals surface area contributed by atoms with Crippen molar-refractivity contribution in [3.05, 3.63) is 69.8 Å². The van der Waals surface area contributed by atoms with Crippen LogP contribution < -0.4 is 4.83 Å². The van der Waals surface area contributed by atoms with Crippen molar-refractivity contribution >= 4 is 21.9 Å². The number of nitrogens with zero attached hydrogens (tertiary/aromatic N) is 2. The normalized spacial score (nSPS) is 12.3. The number of hydrazone groups is 1. The van der Waals surface area contributed by atoms with Gasteiger partial charge >= 0.3 is 0 Å². The monoisotopic (exact) mass is 361 g/mol. The third-order valence-electron chi connectivity index (χ3n) is 3.54. The summed E-state index contributed by atoms with van der Waals surface area (Å²) in [6.45, 7) is 6.10. The van der Waals surface area contributed by atoms with Crippen molar-refractivity contribution in [2.75, 3.05) is 0 Å². The summed E-state index contributed by atoms with van der Waals surface area (Å²) >= 11 is 0. The van der Waals surface area contributed by atoms with Crippen LogP contribution in [0.3, 0.4) is 0 Å². The zero-order valence-electron chi connectivity index (χ0n) is 14.1. The third-order valence-corrected chi connectivity index (χ3v) is 4.78. The number of nitro benzene ring substituents is 1. The number of hydrogen-bond acceptors (Lipinski definition) is 5. The number of sulfonamides is 1. The quantitative estimate of drug-likeness (QED) is 0.502. The van der Waals surface area contributed by atoms with Crippen molar-refractivity contribution in [3.8, 4) is 0 Å². The maximum Gasteiger partial charge on any atom is 0.278 e. The lowest BCUT2D eigenvalue weighted by atomic mass is 9.87. The van der Waals surface area contributed by atoms with Crippen LogP contribution in [-0.4, -0.2) is 19.6 Å². The maximum absolute atomic E-state index is 12.2. The molecule has 0 bridgehead atoms. The van der Waals surface area contributed by atoms with E-state index in [4.69, 9.17) is 0 Å². The average Bonchev–Trinajstić information content (AvgIpc) is 2.54. The van der Waals surface area contributed by atoms with E-state index in [1.807, 2.05) is 20.8 Å². The van der Waals surface area contributed by atoms with E-state index in [1.54, 1.807) is 18.2 Å². The fraction of sp³-hybridized carbons (Fsp3) is 0.235. The number of rotatable bonds is 5. The second kappa shape index (κ2) is 7.02. The number of para-hydroxylation sites is 1. The predicted octanol–water partition coefficient (Wildman–Crippen LogP) is 3.20. The molecule has 0 radical (unpaired) electrons. The molecule has 2 rings (SSSR count). The fourth-order valence-corrected chi connectivity index (χ4v) is 2.91. The Morgan fingerprint density at radius 3 is 2.24 bits per heavy atom. The highest BCUT2D eigenvalue weighted by Gasteiger charge is 2.17. The Morgan fingerprint density at radius 1 is 1.08 bits per heavy atom. The Balaban J connectivity index is 2.18. The summed E-state index contributed by atoms with van der Waals surface area (Å²) in [7, 11) is -3.84. The van der Waals surface area contributed by atoms with Crippen LogP contribution in [-0.2, 0) is 15.4 Å². The molecule has 2 aromatic carbocycles. The first-order valence-corrected chi connectivity index (χ1v) is 8.98. The van der Waals surface area contributed by atoms with Gasteiger partial charge in [-0.1, -0.05) is 45.0 Å². The van der Waals surface area contributed by atoms with Gasteiger partial charge in [-0.25, -0.2) is 4.83 Å². The largest absolute Gasteiger partial charge is 0.278 e. The van der Waals surface area contributed by atoms with E-state index >= 15 is 0 Å². The summed E-state index contributed by atoms with van der Waals surface area (Å²) in [5.41, 5.74) is 0.980. The van der Waals surface area contributed by atoms with Gasteiger partial charge in [0.2, 0.25) is 0 Å². The van der Waals surface area contributed by atoms with E-state index < -0.39 is 14.9 Å². The van der Waals surface area contributed by atoms with Gasteiger partial charge in [0.15, 0.2) is 0 Å². The van der Waals surface area contributed by atoms with Crippen LogP contribution in [0.4, 0.5) is 5.69 Å². The van der Waals surface area contributed by atoms with E-state index in [-0.39, 0.29) is 21.6 Å². The molecule has 132 valence electrons. The molecule has 0 amide bonds. The Bertz CT molecular complexity index is 898. The molecule has 0 aromatic heterocycles. The van der Waals surface area contributed by atoms with Gasteiger partial charge in [0.1, 0.15) is 0 Å². The van der Waals surface area contributed by atoms with E-state index in [1.165, 1.54) is 30.3 Å². The van der Waals surface area contributed by atoms with Gasteiger partial charge in [-0.05, 0) is 29.2 Å². The highest BCUT2D eigenvalue weighted by atomic mass is 32.2. The molecule has 0 aliphatic rings. The molecule has 0 aliphatic heterocycles. The average molecular weight is 361 g/mol. The first kappa shape index (κ1) is 18.6. The molecule has 0 spiro atoms. The van der Waals surface area contributed by atoms with Gasteiger partial charge in [-0.2, -0.15) is 13.5 Å². The molecular weight excluding hydrogens is 342 g/mol. The lowest BCUT2D eigenvalue weighted by Crippen LogP contribution is -2.19. The number of nitro groups is 1. The molecule has 7 nitrogen and oxygen atoms in total. The summed E-state index contributed by atoms with van der Waals surface area (Å²) in [5, 5.41) is 14.6. The van der Waals surface area contributed by atoms with Gasteiger partial charge < -0.3 is 0 Å². The molecule has 0 atom stereocenters. The van der Waals surface area contributed by atoms with Crippen LogP contribution in [0, 0.1) is 10.1 Å². The Kier molecular flexibility index (Phi) is 5.22. The van der Waals surface area contributed by atoms with Gasteiger partial charge in [0.25, 0.3) is 15.7 Å². The molecule has 0 unspecified atom stereocenters. The second-order valence-corrected chi connectivity index (χ2v) is 8.10. The van der Waals surface area contributed by atoms with Crippen LogP contribution in [0.1, 0.15) is 31.9 Å². The SMILES string of the molecule is CC(C)(C)c1ccc(S(=O)(=O)NN=Cc2ccccc2[N+](=O)[O-])cc1. The highest BCUT2D eigenvalue weighted by molar-refractivity contribution is 7.89. The molecule has 0 aliphatic carbocycles. The highest BCUT2D eigenvalue weighted by Crippen LogP contribution is 2.23. The standard InChI is InChI=1S/C17H19N3O4S/c1-17(2,3)14-8-10-15(11-9-14)25(23,24)19-18-12-13-6-4-5-7-16(13)20(21)22/h4-12,19H,1-3H3. The summed E-state index contributed by atoms with van der Waals surface area (Å²) < 4.78 is 24.5. The van der Waals surface area contributed by atoms with Gasteiger partial charge in [0, 0.05) is 6.07 Å². The summed E-state index contributed by atoms with van der Waals surface area (Å²) in [6, 6.07) is 12.4. The molecule has 2 aromatic rings. The molecular formula is C17H19N3O4S. The van der Waals surface area contributed by atoms with Gasteiger partial charge in [0.05, 0.1) is 21.6 Å². The smallest absolute Gasteiger partial charge is 0.258 e. The minimum absolute atomic E-state index is 0.0696. The molecule has 0 fully saturated rings. The topological polar surface area (TPSA) is 102 Å². The zero-order valence-corrected chi connectivity index (χ0v) is 14.9. The molecule has 25 heavy (non-hydrogen) atoms. The Morgan fingerprint density at radius 2 is 1.68 bits per heavy atom. The summed E-state index contributed by atoms with van der Waals surface area (Å²) in [6.07, 6.45) is 1.11. The molecule has 0 saturated carbocycles. The molecule has 1 N–H and O–H groups in total. The summed E-state index contributed by atoms with van der Waals surface area (Å²) in [4.78, 5) is 12.5. The first-order chi connectivity index (χ1) is 11.6. The van der Waals surface area contributed by atoms with Crippen LogP contribution in [0.5, 0.6) is 0 Å². The van der Waals surface area contributed by atoms with Crippen molar-refractivity contribution in [2.24, 2.45) is 5.10 Å². The van der Waals surface area contributed by atoms with Gasteiger partial charge in [-0.3, -0.25) is 10.1 Å². The van der Waals surface area contributed by atoms with Crippen molar-refractivity contribution in [1.82, 2.24) is 4.83 Å². The van der Waals surface area contributed by atoms with E-state index in [2.05, 4.69) is 9.93 Å². The maximum atomic E-state index is 12.2. The van der Waals surface area contributed by atoms with Crippen molar-refractivity contribution in [3.63, 3.8) is 0 Å². The van der Waals surface area contributed by atoms with Crippen molar-refractivity contribution < 1.29 is 13.3 Å². The molecule has 8 heteroatoms. The van der Waals surface area contributed by atoms with Crippen molar-refractivity contribution in [1.29, 1.82) is 0 Å². The predicted molar refractivity (Wildman–Crippen MR) is 96.2 cm³/mol. The Hall–Kier alpha value is -2.74. The van der Waals surface area contributed by atoms with E-state index in [0.29, 0.717) is 0 Å². The second-order valence-electron chi connectivity index (χ2n) is 6.44. The number of benzene rings is 2. The van der Waals surface area contributed by atoms with Crippen molar-refractivity contribution in [2.45, 2.75) is 31.1 Å². The van der Waals surface area contributed by atoms with Crippen LogP contribution in [0.2, 0.25) is 0 Å². The lowest BCUT2D eigenvalue weighted by Gasteiger charge is -2.19. The van der Waals surface area contributed by atoms with Crippen LogP contribution in [0.25, 0.3) is 0 Å². The lowest BCUT2D eigenvalue weighted by molar-refractivity contribution is -0.385. The molecule has 0 saturated heterocycles. The van der Waals surface area contributed by atoms with Crippen LogP contribution >= 0.6 is 0 Å². The first-order valence-electron chi connectivity index (χ1n) is 7.50. The zero-order chi connectivity index (χ0) is 18.7. The number of hydrogen-bond donors (Lipinski definition) is 1. The number of nitrogens with one attached hydrogen (secondary N) is 1. The van der Waals surface area contributed by atoms with E-state index in [0.717, 1.165) is 11.8 Å².